The van der Waals surface area contributed by atoms with Gasteiger partial charge in [-0.25, -0.2) is 0 Å². The van der Waals surface area contributed by atoms with Crippen molar-refractivity contribution in [2.75, 3.05) is 39.1 Å². The summed E-state index contributed by atoms with van der Waals surface area (Å²) in [7, 11) is 3.86. The van der Waals surface area contributed by atoms with Crippen molar-refractivity contribution in [3.05, 3.63) is 18.0 Å². The van der Waals surface area contributed by atoms with E-state index in [-0.39, 0.29) is 0 Å². The van der Waals surface area contributed by atoms with Gasteiger partial charge in [0.05, 0.1) is 19.0 Å². The molecule has 1 saturated heterocycles. The SMILES string of the molecule is COc1cnc(C)cc1NCC1CCN(C)C1. The molecule has 1 unspecified atom stereocenters. The van der Waals surface area contributed by atoms with Crippen molar-refractivity contribution in [3.63, 3.8) is 0 Å². The second kappa shape index (κ2) is 5.36. The quantitative estimate of drug-likeness (QED) is 0.863. The van der Waals surface area contributed by atoms with Crippen LogP contribution >= 0.6 is 0 Å². The Bertz CT molecular complexity index is 381. The first kappa shape index (κ1) is 12.2. The van der Waals surface area contributed by atoms with Gasteiger partial charge in [0.25, 0.3) is 0 Å². The van der Waals surface area contributed by atoms with E-state index >= 15 is 0 Å². The molecule has 0 amide bonds. The average molecular weight is 235 g/mol. The zero-order valence-corrected chi connectivity index (χ0v) is 10.9. The Balaban J connectivity index is 1.96. The molecule has 1 atom stereocenters. The number of rotatable bonds is 4. The van der Waals surface area contributed by atoms with Gasteiger partial charge in [0.15, 0.2) is 5.75 Å². The second-order valence-electron chi connectivity index (χ2n) is 4.82. The summed E-state index contributed by atoms with van der Waals surface area (Å²) in [5, 5.41) is 3.48. The normalized spacial score (nSPS) is 20.5. The van der Waals surface area contributed by atoms with Crippen LogP contribution in [0.1, 0.15) is 12.1 Å². The van der Waals surface area contributed by atoms with Crippen molar-refractivity contribution in [2.45, 2.75) is 13.3 Å². The molecule has 0 radical (unpaired) electrons. The van der Waals surface area contributed by atoms with Crippen molar-refractivity contribution in [1.29, 1.82) is 0 Å². The van der Waals surface area contributed by atoms with E-state index in [4.69, 9.17) is 4.74 Å². The Hall–Kier alpha value is -1.29. The fourth-order valence-corrected chi connectivity index (χ4v) is 2.30. The molecular weight excluding hydrogens is 214 g/mol. The monoisotopic (exact) mass is 235 g/mol. The third kappa shape index (κ3) is 3.09. The predicted octanol–water partition coefficient (Wildman–Crippen LogP) is 1.76. The zero-order chi connectivity index (χ0) is 12.3. The van der Waals surface area contributed by atoms with Gasteiger partial charge in [-0.05, 0) is 38.9 Å². The lowest BCUT2D eigenvalue weighted by Crippen LogP contribution is -2.19. The number of anilines is 1. The fraction of sp³-hybridized carbons (Fsp3) is 0.615. The average Bonchev–Trinajstić information content (AvgIpc) is 2.73. The summed E-state index contributed by atoms with van der Waals surface area (Å²) in [6.45, 7) is 5.39. The number of pyridine rings is 1. The summed E-state index contributed by atoms with van der Waals surface area (Å²) in [6.07, 6.45) is 3.05. The lowest BCUT2D eigenvalue weighted by Gasteiger charge is -2.15. The highest BCUT2D eigenvalue weighted by Crippen LogP contribution is 2.24. The third-order valence-electron chi connectivity index (χ3n) is 3.29. The zero-order valence-electron chi connectivity index (χ0n) is 10.9. The Kier molecular flexibility index (Phi) is 3.84. The van der Waals surface area contributed by atoms with Crippen LogP contribution in [0.25, 0.3) is 0 Å². The number of hydrogen-bond donors (Lipinski definition) is 1. The highest BCUT2D eigenvalue weighted by molar-refractivity contribution is 5.55. The molecule has 94 valence electrons. The molecule has 1 aliphatic heterocycles. The molecule has 4 nitrogen and oxygen atoms in total. The van der Waals surface area contributed by atoms with Crippen LogP contribution in [0.2, 0.25) is 0 Å². The van der Waals surface area contributed by atoms with E-state index < -0.39 is 0 Å². The fourth-order valence-electron chi connectivity index (χ4n) is 2.30. The summed E-state index contributed by atoms with van der Waals surface area (Å²) in [6, 6.07) is 2.04. The van der Waals surface area contributed by atoms with E-state index in [0.717, 1.165) is 29.6 Å². The lowest BCUT2D eigenvalue weighted by molar-refractivity contribution is 0.398. The molecule has 0 aliphatic carbocycles. The van der Waals surface area contributed by atoms with E-state index in [0.29, 0.717) is 0 Å². The van der Waals surface area contributed by atoms with E-state index in [1.807, 2.05) is 13.0 Å². The van der Waals surface area contributed by atoms with Crippen LogP contribution in [-0.4, -0.2) is 43.7 Å². The molecule has 0 saturated carbocycles. The molecule has 0 spiro atoms. The van der Waals surface area contributed by atoms with E-state index in [1.165, 1.54) is 19.5 Å². The number of nitrogens with zero attached hydrogens (tertiary/aromatic N) is 2. The Morgan fingerprint density at radius 2 is 2.41 bits per heavy atom. The minimum absolute atomic E-state index is 0.734. The van der Waals surface area contributed by atoms with Crippen LogP contribution in [0.5, 0.6) is 5.75 Å². The lowest BCUT2D eigenvalue weighted by atomic mass is 10.1. The van der Waals surface area contributed by atoms with Crippen LogP contribution in [0.3, 0.4) is 0 Å². The maximum absolute atomic E-state index is 5.30. The van der Waals surface area contributed by atoms with E-state index in [1.54, 1.807) is 13.3 Å². The van der Waals surface area contributed by atoms with E-state index in [2.05, 4.69) is 22.2 Å². The molecule has 1 aromatic heterocycles. The number of methoxy groups -OCH3 is 1. The standard InChI is InChI=1S/C13H21N3O/c1-10-6-12(13(17-3)8-14-10)15-7-11-4-5-16(2)9-11/h6,8,11H,4-5,7,9H2,1-3H3,(H,14,15). The highest BCUT2D eigenvalue weighted by Gasteiger charge is 2.19. The minimum atomic E-state index is 0.734. The van der Waals surface area contributed by atoms with Crippen molar-refractivity contribution < 1.29 is 4.74 Å². The number of aromatic nitrogens is 1. The first-order chi connectivity index (χ1) is 8.19. The Morgan fingerprint density at radius 3 is 3.06 bits per heavy atom. The number of nitrogens with one attached hydrogen (secondary N) is 1. The smallest absolute Gasteiger partial charge is 0.160 e. The van der Waals surface area contributed by atoms with Crippen LogP contribution in [0.4, 0.5) is 5.69 Å². The van der Waals surface area contributed by atoms with E-state index in [9.17, 15) is 0 Å². The number of likely N-dealkylation sites (tertiary alicyclic amines) is 1. The van der Waals surface area contributed by atoms with Gasteiger partial charge in [-0.1, -0.05) is 0 Å². The Labute approximate surface area is 103 Å². The number of hydrogen-bond acceptors (Lipinski definition) is 4. The van der Waals surface area contributed by atoms with Gasteiger partial charge in [0, 0.05) is 18.8 Å². The van der Waals surface area contributed by atoms with Gasteiger partial charge in [-0.15, -0.1) is 0 Å². The van der Waals surface area contributed by atoms with Crippen molar-refractivity contribution in [3.8, 4) is 5.75 Å². The molecular formula is C13H21N3O. The number of ether oxygens (including phenoxy) is 1. The second-order valence-corrected chi connectivity index (χ2v) is 4.82. The minimum Gasteiger partial charge on any atom is -0.493 e. The summed E-state index contributed by atoms with van der Waals surface area (Å²) < 4.78 is 5.30. The molecule has 2 heterocycles. The molecule has 17 heavy (non-hydrogen) atoms. The first-order valence-electron chi connectivity index (χ1n) is 6.12. The first-order valence-corrected chi connectivity index (χ1v) is 6.12. The van der Waals surface area contributed by atoms with Gasteiger partial charge in [-0.3, -0.25) is 4.98 Å². The summed E-state index contributed by atoms with van der Waals surface area (Å²) in [5.41, 5.74) is 2.06. The van der Waals surface area contributed by atoms with Gasteiger partial charge in [0.1, 0.15) is 0 Å². The Morgan fingerprint density at radius 1 is 1.59 bits per heavy atom. The van der Waals surface area contributed by atoms with Crippen LogP contribution < -0.4 is 10.1 Å². The third-order valence-corrected chi connectivity index (χ3v) is 3.29. The molecule has 1 N–H and O–H groups in total. The topological polar surface area (TPSA) is 37.4 Å². The van der Waals surface area contributed by atoms with Crippen molar-refractivity contribution in [1.82, 2.24) is 9.88 Å². The molecule has 1 aliphatic rings. The summed E-state index contributed by atoms with van der Waals surface area (Å²) >= 11 is 0. The number of aryl methyl sites for hydroxylation is 1. The highest BCUT2D eigenvalue weighted by atomic mass is 16.5. The summed E-state index contributed by atoms with van der Waals surface area (Å²) in [5.74, 6) is 1.56. The molecule has 2 rings (SSSR count). The van der Waals surface area contributed by atoms with Crippen LogP contribution in [0.15, 0.2) is 12.3 Å². The van der Waals surface area contributed by atoms with Gasteiger partial charge < -0.3 is 15.0 Å². The molecule has 0 bridgehead atoms. The molecule has 0 aromatic carbocycles. The molecule has 4 heteroatoms. The van der Waals surface area contributed by atoms with Gasteiger partial charge in [0.2, 0.25) is 0 Å². The van der Waals surface area contributed by atoms with Crippen LogP contribution in [0, 0.1) is 12.8 Å². The molecule has 1 fully saturated rings. The maximum Gasteiger partial charge on any atom is 0.160 e. The van der Waals surface area contributed by atoms with Gasteiger partial charge in [-0.2, -0.15) is 0 Å². The van der Waals surface area contributed by atoms with Gasteiger partial charge >= 0.3 is 0 Å². The van der Waals surface area contributed by atoms with Crippen LogP contribution in [-0.2, 0) is 0 Å². The largest absolute Gasteiger partial charge is 0.493 e. The van der Waals surface area contributed by atoms with Crippen molar-refractivity contribution in [2.24, 2.45) is 5.92 Å². The molecule has 1 aromatic rings. The maximum atomic E-state index is 5.30. The predicted molar refractivity (Wildman–Crippen MR) is 69.6 cm³/mol. The summed E-state index contributed by atoms with van der Waals surface area (Å²) in [4.78, 5) is 6.61. The van der Waals surface area contributed by atoms with Crippen molar-refractivity contribution >= 4 is 5.69 Å².